The Bertz CT molecular complexity index is 338. The third-order valence-corrected chi connectivity index (χ3v) is 2.83. The van der Waals surface area contributed by atoms with E-state index in [0.29, 0.717) is 14.6 Å². The number of carboxylic acids is 1. The van der Waals surface area contributed by atoms with Crippen LogP contribution in [0, 0.1) is 6.92 Å². The number of hydrogen-bond donors (Lipinski definition) is 1. The number of rotatable bonds is 1. The van der Waals surface area contributed by atoms with Crippen LogP contribution in [0.2, 0.25) is 0 Å². The summed E-state index contributed by atoms with van der Waals surface area (Å²) in [5.41, 5.74) is 0.869. The van der Waals surface area contributed by atoms with Crippen molar-refractivity contribution in [2.75, 3.05) is 0 Å². The summed E-state index contributed by atoms with van der Waals surface area (Å²) in [6, 6.07) is 0. The molecule has 1 N–H and O–H groups in total. The molecule has 1 aromatic rings. The van der Waals surface area contributed by atoms with Crippen LogP contribution >= 0.6 is 31.9 Å². The minimum Gasteiger partial charge on any atom is -0.478 e. The standard InChI is InChI=1S/C7H5Br2NO2/c1-3-5(7(11)12)4(8)2-10-6(3)9/h2H,1H3,(H,11,12). The maximum Gasteiger partial charge on any atom is 0.337 e. The van der Waals surface area contributed by atoms with Crippen molar-refractivity contribution in [2.24, 2.45) is 0 Å². The number of carboxylic acid groups (broad SMARTS) is 1. The first-order valence-corrected chi connectivity index (χ1v) is 4.66. The topological polar surface area (TPSA) is 50.2 Å². The molecule has 0 amide bonds. The van der Waals surface area contributed by atoms with E-state index in [0.717, 1.165) is 0 Å². The molecule has 3 nitrogen and oxygen atoms in total. The molecule has 64 valence electrons. The zero-order valence-corrected chi connectivity index (χ0v) is 9.31. The maximum atomic E-state index is 10.7. The van der Waals surface area contributed by atoms with Crippen molar-refractivity contribution < 1.29 is 9.90 Å². The van der Waals surface area contributed by atoms with Gasteiger partial charge in [0.1, 0.15) is 4.60 Å². The Labute approximate surface area is 86.1 Å². The lowest BCUT2D eigenvalue weighted by molar-refractivity contribution is 0.0695. The molecule has 0 aliphatic carbocycles. The fraction of sp³-hybridized carbons (Fsp3) is 0.143. The van der Waals surface area contributed by atoms with E-state index in [9.17, 15) is 4.79 Å². The molecule has 5 heteroatoms. The van der Waals surface area contributed by atoms with Crippen LogP contribution in [0.1, 0.15) is 15.9 Å². The molecule has 0 atom stereocenters. The first kappa shape index (κ1) is 9.67. The molecule has 12 heavy (non-hydrogen) atoms. The molecule has 0 radical (unpaired) electrons. The fourth-order valence-corrected chi connectivity index (χ4v) is 1.69. The molecule has 1 heterocycles. The average Bonchev–Trinajstić information content (AvgIpc) is 1.97. The van der Waals surface area contributed by atoms with Gasteiger partial charge in [0, 0.05) is 6.20 Å². The number of halogens is 2. The Hall–Kier alpha value is -0.420. The van der Waals surface area contributed by atoms with Crippen LogP contribution in [-0.4, -0.2) is 16.1 Å². The van der Waals surface area contributed by atoms with Crippen LogP contribution in [0.4, 0.5) is 0 Å². The molecule has 0 bridgehead atoms. The van der Waals surface area contributed by atoms with Crippen LogP contribution in [0.3, 0.4) is 0 Å². The second-order valence-electron chi connectivity index (χ2n) is 2.20. The molecular formula is C7H5Br2NO2. The van der Waals surface area contributed by atoms with Crippen LogP contribution < -0.4 is 0 Å². The highest BCUT2D eigenvalue weighted by Crippen LogP contribution is 2.24. The summed E-state index contributed by atoms with van der Waals surface area (Å²) in [5.74, 6) is -0.956. The van der Waals surface area contributed by atoms with Crippen LogP contribution in [0.15, 0.2) is 15.3 Å². The molecule has 0 unspecified atom stereocenters. The van der Waals surface area contributed by atoms with E-state index in [4.69, 9.17) is 5.11 Å². The predicted octanol–water partition coefficient (Wildman–Crippen LogP) is 2.61. The molecule has 0 aliphatic rings. The van der Waals surface area contributed by atoms with Gasteiger partial charge in [-0.1, -0.05) is 0 Å². The van der Waals surface area contributed by atoms with Gasteiger partial charge in [-0.15, -0.1) is 0 Å². The van der Waals surface area contributed by atoms with Gasteiger partial charge in [-0.05, 0) is 44.3 Å². The average molecular weight is 295 g/mol. The van der Waals surface area contributed by atoms with Gasteiger partial charge >= 0.3 is 5.97 Å². The molecule has 0 aromatic carbocycles. The SMILES string of the molecule is Cc1c(Br)ncc(Br)c1C(=O)O. The van der Waals surface area contributed by atoms with E-state index in [1.807, 2.05) is 0 Å². The van der Waals surface area contributed by atoms with Crippen LogP contribution in [0.5, 0.6) is 0 Å². The van der Waals surface area contributed by atoms with Crippen molar-refractivity contribution >= 4 is 37.8 Å². The molecule has 0 aliphatic heterocycles. The molecule has 0 spiro atoms. The van der Waals surface area contributed by atoms with E-state index < -0.39 is 5.97 Å². The highest BCUT2D eigenvalue weighted by molar-refractivity contribution is 9.11. The summed E-state index contributed by atoms with van der Waals surface area (Å²) in [4.78, 5) is 14.6. The number of aromatic carboxylic acids is 1. The van der Waals surface area contributed by atoms with Gasteiger partial charge in [0.15, 0.2) is 0 Å². The van der Waals surface area contributed by atoms with E-state index in [-0.39, 0.29) is 5.56 Å². The third-order valence-electron chi connectivity index (χ3n) is 1.43. The predicted molar refractivity (Wildman–Crippen MR) is 51.3 cm³/mol. The van der Waals surface area contributed by atoms with Gasteiger partial charge in [0.25, 0.3) is 0 Å². The van der Waals surface area contributed by atoms with Crippen molar-refractivity contribution in [3.8, 4) is 0 Å². The number of aromatic nitrogens is 1. The Morgan fingerprint density at radius 3 is 2.58 bits per heavy atom. The van der Waals surface area contributed by atoms with Gasteiger partial charge < -0.3 is 5.11 Å². The van der Waals surface area contributed by atoms with E-state index >= 15 is 0 Å². The Kier molecular flexibility index (Phi) is 2.85. The summed E-state index contributed by atoms with van der Waals surface area (Å²) < 4.78 is 1.05. The molecule has 1 rings (SSSR count). The zero-order chi connectivity index (χ0) is 9.30. The molecular weight excluding hydrogens is 290 g/mol. The van der Waals surface area contributed by atoms with Crippen LogP contribution in [-0.2, 0) is 0 Å². The Morgan fingerprint density at radius 1 is 1.58 bits per heavy atom. The first-order valence-electron chi connectivity index (χ1n) is 3.08. The van der Waals surface area contributed by atoms with Gasteiger partial charge in [0.05, 0.1) is 10.0 Å². The highest BCUT2D eigenvalue weighted by Gasteiger charge is 2.14. The first-order chi connectivity index (χ1) is 5.54. The van der Waals surface area contributed by atoms with Gasteiger partial charge in [-0.25, -0.2) is 9.78 Å². The monoisotopic (exact) mass is 293 g/mol. The lowest BCUT2D eigenvalue weighted by Crippen LogP contribution is -2.02. The molecule has 0 saturated carbocycles. The van der Waals surface area contributed by atoms with Gasteiger partial charge in [0.2, 0.25) is 0 Å². The summed E-state index contributed by atoms with van der Waals surface area (Å²) in [6.07, 6.45) is 1.46. The molecule has 1 aromatic heterocycles. The van der Waals surface area contributed by atoms with E-state index in [1.54, 1.807) is 6.92 Å². The van der Waals surface area contributed by atoms with Crippen molar-refractivity contribution in [2.45, 2.75) is 6.92 Å². The lowest BCUT2D eigenvalue weighted by atomic mass is 10.2. The summed E-state index contributed by atoms with van der Waals surface area (Å²) in [6.45, 7) is 1.70. The second-order valence-corrected chi connectivity index (χ2v) is 3.81. The summed E-state index contributed by atoms with van der Waals surface area (Å²) in [7, 11) is 0. The summed E-state index contributed by atoms with van der Waals surface area (Å²) >= 11 is 6.27. The summed E-state index contributed by atoms with van der Waals surface area (Å²) in [5, 5.41) is 8.79. The smallest absolute Gasteiger partial charge is 0.337 e. The number of carbonyl (C=O) groups is 1. The normalized spacial score (nSPS) is 9.92. The van der Waals surface area contributed by atoms with Gasteiger partial charge in [-0.2, -0.15) is 0 Å². The van der Waals surface area contributed by atoms with Crippen LogP contribution in [0.25, 0.3) is 0 Å². The second kappa shape index (κ2) is 3.53. The minimum atomic E-state index is -0.956. The number of nitrogens with zero attached hydrogens (tertiary/aromatic N) is 1. The quantitative estimate of drug-likeness (QED) is 0.810. The van der Waals surface area contributed by atoms with E-state index in [1.165, 1.54) is 6.20 Å². The van der Waals surface area contributed by atoms with Crippen molar-refractivity contribution in [3.05, 3.63) is 26.4 Å². The minimum absolute atomic E-state index is 0.247. The Morgan fingerprint density at radius 2 is 2.17 bits per heavy atom. The zero-order valence-electron chi connectivity index (χ0n) is 6.14. The Balaban J connectivity index is 3.43. The van der Waals surface area contributed by atoms with Gasteiger partial charge in [-0.3, -0.25) is 0 Å². The van der Waals surface area contributed by atoms with Crippen molar-refractivity contribution in [1.29, 1.82) is 0 Å². The maximum absolute atomic E-state index is 10.7. The van der Waals surface area contributed by atoms with E-state index in [2.05, 4.69) is 36.8 Å². The highest BCUT2D eigenvalue weighted by atomic mass is 79.9. The largest absolute Gasteiger partial charge is 0.478 e. The number of hydrogen-bond acceptors (Lipinski definition) is 2. The van der Waals surface area contributed by atoms with Crippen molar-refractivity contribution in [1.82, 2.24) is 4.98 Å². The molecule has 0 fully saturated rings. The van der Waals surface area contributed by atoms with Crippen molar-refractivity contribution in [3.63, 3.8) is 0 Å². The lowest BCUT2D eigenvalue weighted by Gasteiger charge is -2.03. The number of pyridine rings is 1. The molecule has 0 saturated heterocycles. The third kappa shape index (κ3) is 1.67. The fourth-order valence-electron chi connectivity index (χ4n) is 0.820.